The van der Waals surface area contributed by atoms with Crippen molar-refractivity contribution in [2.45, 2.75) is 33.4 Å². The first-order valence-electron chi connectivity index (χ1n) is 9.09. The first-order valence-corrected chi connectivity index (χ1v) is 9.09. The number of aromatic nitrogens is 2. The third kappa shape index (κ3) is 7.10. The molecule has 1 fully saturated rings. The van der Waals surface area contributed by atoms with Gasteiger partial charge in [-0.15, -0.1) is 24.0 Å². The van der Waals surface area contributed by atoms with E-state index in [1.54, 1.807) is 0 Å². The molecule has 8 heteroatoms. The highest BCUT2D eigenvalue weighted by molar-refractivity contribution is 14.0. The Morgan fingerprint density at radius 1 is 1.24 bits per heavy atom. The number of hydrogen-bond acceptors (Lipinski definition) is 4. The van der Waals surface area contributed by atoms with E-state index in [1.165, 1.54) is 13.1 Å². The minimum Gasteiger partial charge on any atom is -0.357 e. The fraction of sp³-hybridized carbons (Fsp3) is 0.765. The average Bonchev–Trinajstić information content (AvgIpc) is 3.02. The summed E-state index contributed by atoms with van der Waals surface area (Å²) < 4.78 is 1.86. The van der Waals surface area contributed by atoms with Crippen LogP contribution in [-0.4, -0.2) is 77.4 Å². The van der Waals surface area contributed by atoms with Crippen molar-refractivity contribution in [1.82, 2.24) is 30.2 Å². The molecule has 0 amide bonds. The van der Waals surface area contributed by atoms with Crippen molar-refractivity contribution in [2.75, 3.05) is 45.8 Å². The van der Waals surface area contributed by atoms with Gasteiger partial charge in [0.2, 0.25) is 0 Å². The van der Waals surface area contributed by atoms with Crippen LogP contribution in [0.15, 0.2) is 17.3 Å². The first kappa shape index (κ1) is 22.2. The summed E-state index contributed by atoms with van der Waals surface area (Å²) in [4.78, 5) is 9.74. The number of nitrogens with zero attached hydrogens (tertiary/aromatic N) is 5. The van der Waals surface area contributed by atoms with Crippen LogP contribution < -0.4 is 10.6 Å². The molecule has 1 unspecified atom stereocenters. The van der Waals surface area contributed by atoms with Crippen molar-refractivity contribution in [3.05, 3.63) is 18.0 Å². The van der Waals surface area contributed by atoms with Gasteiger partial charge >= 0.3 is 0 Å². The summed E-state index contributed by atoms with van der Waals surface area (Å²) in [5.74, 6) is 0.873. The summed E-state index contributed by atoms with van der Waals surface area (Å²) in [5, 5.41) is 11.0. The van der Waals surface area contributed by atoms with Gasteiger partial charge in [-0.25, -0.2) is 4.99 Å². The van der Waals surface area contributed by atoms with Crippen LogP contribution in [0.4, 0.5) is 0 Å². The number of nitrogens with one attached hydrogen (secondary N) is 2. The van der Waals surface area contributed by atoms with Gasteiger partial charge in [-0.1, -0.05) is 6.92 Å². The van der Waals surface area contributed by atoms with Gasteiger partial charge in [0.05, 0.1) is 12.2 Å². The van der Waals surface area contributed by atoms with Gasteiger partial charge in [-0.05, 0) is 26.5 Å². The van der Waals surface area contributed by atoms with E-state index >= 15 is 0 Å². The molecule has 0 aromatic carbocycles. The third-order valence-corrected chi connectivity index (χ3v) is 4.71. The number of aryl methyl sites for hydroxylation is 1. The molecule has 1 aliphatic heterocycles. The minimum absolute atomic E-state index is 0. The summed E-state index contributed by atoms with van der Waals surface area (Å²) in [5.41, 5.74) is 1.11. The zero-order chi connectivity index (χ0) is 17.4. The second-order valence-electron chi connectivity index (χ2n) is 6.34. The summed E-state index contributed by atoms with van der Waals surface area (Å²) in [6, 6.07) is 2.51. The van der Waals surface area contributed by atoms with E-state index in [2.05, 4.69) is 51.3 Å². The minimum atomic E-state index is 0. The lowest BCUT2D eigenvalue weighted by molar-refractivity contribution is 0.107. The molecule has 7 nitrogen and oxygen atoms in total. The Hall–Kier alpha value is -0.870. The molecule has 0 aliphatic carbocycles. The molecule has 1 saturated heterocycles. The van der Waals surface area contributed by atoms with Crippen LogP contribution in [0.5, 0.6) is 0 Å². The first-order chi connectivity index (χ1) is 11.6. The van der Waals surface area contributed by atoms with Crippen LogP contribution >= 0.6 is 24.0 Å². The molecule has 0 radical (unpaired) electrons. The Bertz CT molecular complexity index is 509. The molecule has 1 aromatic rings. The smallest absolute Gasteiger partial charge is 0.191 e. The van der Waals surface area contributed by atoms with Crippen LogP contribution in [-0.2, 0) is 13.6 Å². The molecular weight excluding hydrogens is 429 g/mol. The molecule has 0 bridgehead atoms. The zero-order valence-electron chi connectivity index (χ0n) is 16.0. The Kier molecular flexibility index (Phi) is 10.4. The summed E-state index contributed by atoms with van der Waals surface area (Å²) in [6.45, 7) is 14.8. The molecule has 25 heavy (non-hydrogen) atoms. The number of guanidine groups is 1. The lowest BCUT2D eigenvalue weighted by atomic mass is 10.2. The number of likely N-dealkylation sites (N-methyl/N-ethyl adjacent to an activating group) is 1. The van der Waals surface area contributed by atoms with Crippen molar-refractivity contribution in [3.8, 4) is 0 Å². The van der Waals surface area contributed by atoms with Crippen LogP contribution in [0.1, 0.15) is 26.5 Å². The lowest BCUT2D eigenvalue weighted by Crippen LogP contribution is -2.53. The van der Waals surface area contributed by atoms with Crippen molar-refractivity contribution in [3.63, 3.8) is 0 Å². The van der Waals surface area contributed by atoms with Crippen LogP contribution in [0.3, 0.4) is 0 Å². The zero-order valence-corrected chi connectivity index (χ0v) is 18.4. The molecule has 1 atom stereocenters. The predicted molar refractivity (Wildman–Crippen MR) is 115 cm³/mol. The maximum atomic E-state index is 4.67. The van der Waals surface area contributed by atoms with E-state index in [4.69, 9.17) is 0 Å². The molecule has 0 spiro atoms. The molecule has 0 saturated carbocycles. The fourth-order valence-electron chi connectivity index (χ4n) is 2.95. The Morgan fingerprint density at radius 3 is 2.52 bits per heavy atom. The number of rotatable bonds is 7. The summed E-state index contributed by atoms with van der Waals surface area (Å²) >= 11 is 0. The van der Waals surface area contributed by atoms with E-state index in [1.807, 2.05) is 24.0 Å². The largest absolute Gasteiger partial charge is 0.357 e. The summed E-state index contributed by atoms with van der Waals surface area (Å²) in [7, 11) is 1.95. The van der Waals surface area contributed by atoms with Crippen molar-refractivity contribution in [2.24, 2.45) is 12.0 Å². The van der Waals surface area contributed by atoms with Gasteiger partial charge in [0, 0.05) is 58.6 Å². The number of hydrogen-bond donors (Lipinski definition) is 2. The molecular formula is C17H34IN7. The molecule has 2 heterocycles. The summed E-state index contributed by atoms with van der Waals surface area (Å²) in [6.07, 6.45) is 1.81. The van der Waals surface area contributed by atoms with E-state index in [9.17, 15) is 0 Å². The van der Waals surface area contributed by atoms with Crippen LogP contribution in [0.25, 0.3) is 0 Å². The van der Waals surface area contributed by atoms with E-state index in [0.29, 0.717) is 12.6 Å². The van der Waals surface area contributed by atoms with Crippen LogP contribution in [0.2, 0.25) is 0 Å². The van der Waals surface area contributed by atoms with Crippen LogP contribution in [0, 0.1) is 0 Å². The maximum absolute atomic E-state index is 4.67. The predicted octanol–water partition coefficient (Wildman–Crippen LogP) is 1.12. The molecule has 2 N–H and O–H groups in total. The van der Waals surface area contributed by atoms with Gasteiger partial charge in [0.1, 0.15) is 0 Å². The van der Waals surface area contributed by atoms with Crippen molar-refractivity contribution < 1.29 is 0 Å². The SMILES string of the molecule is CCNC(=NCc1ccnn1C)NCC(C)N1CCN(CC)CC1.I. The Balaban J connectivity index is 0.00000312. The van der Waals surface area contributed by atoms with Gasteiger partial charge in [0.15, 0.2) is 5.96 Å². The van der Waals surface area contributed by atoms with E-state index in [-0.39, 0.29) is 24.0 Å². The number of piperazine rings is 1. The van der Waals surface area contributed by atoms with E-state index < -0.39 is 0 Å². The highest BCUT2D eigenvalue weighted by atomic mass is 127. The Morgan fingerprint density at radius 2 is 1.96 bits per heavy atom. The fourth-order valence-corrected chi connectivity index (χ4v) is 2.95. The lowest BCUT2D eigenvalue weighted by Gasteiger charge is -2.37. The highest BCUT2D eigenvalue weighted by Gasteiger charge is 2.20. The van der Waals surface area contributed by atoms with Gasteiger partial charge < -0.3 is 15.5 Å². The van der Waals surface area contributed by atoms with Gasteiger partial charge in [0.25, 0.3) is 0 Å². The van der Waals surface area contributed by atoms with Crippen molar-refractivity contribution >= 4 is 29.9 Å². The quantitative estimate of drug-likeness (QED) is 0.361. The number of halogens is 1. The highest BCUT2D eigenvalue weighted by Crippen LogP contribution is 2.05. The molecule has 2 rings (SSSR count). The number of aliphatic imine (C=N–C) groups is 1. The average molecular weight is 463 g/mol. The second kappa shape index (κ2) is 11.7. The topological polar surface area (TPSA) is 60.7 Å². The third-order valence-electron chi connectivity index (χ3n) is 4.71. The normalized spacial score (nSPS) is 17.8. The second-order valence-corrected chi connectivity index (χ2v) is 6.34. The monoisotopic (exact) mass is 463 g/mol. The van der Waals surface area contributed by atoms with Gasteiger partial charge in [-0.3, -0.25) is 9.58 Å². The molecule has 1 aliphatic rings. The van der Waals surface area contributed by atoms with Crippen molar-refractivity contribution in [1.29, 1.82) is 0 Å². The standard InChI is InChI=1S/C17H33N7.HI/c1-5-18-17(20-14-16-7-8-21-22(16)4)19-13-15(3)24-11-9-23(6-2)10-12-24;/h7-8,15H,5-6,9-14H2,1-4H3,(H2,18,19,20);1H. The molecule has 1 aromatic heterocycles. The maximum Gasteiger partial charge on any atom is 0.191 e. The van der Waals surface area contributed by atoms with E-state index in [0.717, 1.165) is 44.4 Å². The Labute approximate surface area is 169 Å². The van der Waals surface area contributed by atoms with Gasteiger partial charge in [-0.2, -0.15) is 5.10 Å². The molecule has 144 valence electrons.